The van der Waals surface area contributed by atoms with E-state index in [2.05, 4.69) is 205 Å². The average molecular weight is 692 g/mol. The van der Waals surface area contributed by atoms with Crippen LogP contribution in [-0.4, -0.2) is 0 Å². The Balaban J connectivity index is 1.19. The van der Waals surface area contributed by atoms with Crippen molar-refractivity contribution < 1.29 is 0 Å². The molecule has 11 rings (SSSR count). The summed E-state index contributed by atoms with van der Waals surface area (Å²) < 4.78 is 2.59. The lowest BCUT2D eigenvalue weighted by Crippen LogP contribution is -2.28. The standard InChI is InChI=1S/C51H33NS/c1-2-16-35(17-3-1)51(45-25-11-8-20-40(45)41-21-9-12-26-46(41)51)36-29-31-37(32-30-36)52(47-27-14-24-44-43-23-10-13-28-49(43)53-50(44)47)48-33-34-15-4-5-18-38(34)39-19-6-7-22-42(39)48/h1-33H. The van der Waals surface area contributed by atoms with Crippen LogP contribution in [0.2, 0.25) is 0 Å². The van der Waals surface area contributed by atoms with Gasteiger partial charge in [0, 0.05) is 26.5 Å². The Bertz CT molecular complexity index is 2960. The zero-order valence-electron chi connectivity index (χ0n) is 28.9. The van der Waals surface area contributed by atoms with Crippen molar-refractivity contribution in [2.75, 3.05) is 4.90 Å². The highest BCUT2D eigenvalue weighted by Gasteiger charge is 2.45. The smallest absolute Gasteiger partial charge is 0.0713 e. The number of nitrogens with zero attached hydrogens (tertiary/aromatic N) is 1. The number of hydrogen-bond acceptors (Lipinski definition) is 2. The van der Waals surface area contributed by atoms with Crippen LogP contribution in [0, 0.1) is 0 Å². The first-order chi connectivity index (χ1) is 26.3. The Hall–Kier alpha value is -6.48. The van der Waals surface area contributed by atoms with E-state index in [0.717, 1.165) is 5.69 Å². The highest BCUT2D eigenvalue weighted by atomic mass is 32.1. The van der Waals surface area contributed by atoms with Crippen LogP contribution in [-0.2, 0) is 5.41 Å². The molecule has 53 heavy (non-hydrogen) atoms. The fraction of sp³-hybridized carbons (Fsp3) is 0.0196. The molecular formula is C51H33NS. The van der Waals surface area contributed by atoms with Crippen LogP contribution in [0.15, 0.2) is 200 Å². The Labute approximate surface area is 312 Å². The average Bonchev–Trinajstić information content (AvgIpc) is 3.76. The van der Waals surface area contributed by atoms with Crippen molar-refractivity contribution in [3.8, 4) is 11.1 Å². The summed E-state index contributed by atoms with van der Waals surface area (Å²) in [6.45, 7) is 0. The lowest BCUT2D eigenvalue weighted by Gasteiger charge is -2.34. The van der Waals surface area contributed by atoms with Crippen LogP contribution >= 0.6 is 11.3 Å². The predicted octanol–water partition coefficient (Wildman–Crippen LogP) is 14.2. The highest BCUT2D eigenvalue weighted by Crippen LogP contribution is 2.56. The first-order valence-corrected chi connectivity index (χ1v) is 19.1. The molecule has 1 aliphatic carbocycles. The summed E-state index contributed by atoms with van der Waals surface area (Å²) >= 11 is 1.88. The van der Waals surface area contributed by atoms with Crippen molar-refractivity contribution in [3.05, 3.63) is 222 Å². The van der Waals surface area contributed by atoms with Gasteiger partial charge >= 0.3 is 0 Å². The van der Waals surface area contributed by atoms with E-state index >= 15 is 0 Å². The number of anilines is 3. The van der Waals surface area contributed by atoms with E-state index in [0.29, 0.717) is 0 Å². The van der Waals surface area contributed by atoms with Crippen molar-refractivity contribution in [3.63, 3.8) is 0 Å². The summed E-state index contributed by atoms with van der Waals surface area (Å²) in [7, 11) is 0. The molecule has 0 fully saturated rings. The summed E-state index contributed by atoms with van der Waals surface area (Å²) in [6.07, 6.45) is 0. The molecule has 2 heteroatoms. The molecule has 9 aromatic carbocycles. The molecule has 0 bridgehead atoms. The second-order valence-corrected chi connectivity index (χ2v) is 15.1. The van der Waals surface area contributed by atoms with Crippen LogP contribution < -0.4 is 4.90 Å². The van der Waals surface area contributed by atoms with Gasteiger partial charge in [-0.15, -0.1) is 11.3 Å². The lowest BCUT2D eigenvalue weighted by molar-refractivity contribution is 0.768. The molecule has 0 N–H and O–H groups in total. The van der Waals surface area contributed by atoms with Gasteiger partial charge in [0.05, 0.1) is 21.5 Å². The van der Waals surface area contributed by atoms with Gasteiger partial charge in [-0.25, -0.2) is 0 Å². The molecule has 1 heterocycles. The highest BCUT2D eigenvalue weighted by molar-refractivity contribution is 7.26. The maximum atomic E-state index is 2.50. The first-order valence-electron chi connectivity index (χ1n) is 18.3. The predicted molar refractivity (Wildman–Crippen MR) is 226 cm³/mol. The summed E-state index contributed by atoms with van der Waals surface area (Å²) in [4.78, 5) is 2.50. The van der Waals surface area contributed by atoms with Crippen LogP contribution in [0.1, 0.15) is 22.3 Å². The van der Waals surface area contributed by atoms with Crippen LogP contribution in [0.3, 0.4) is 0 Å². The Morgan fingerprint density at radius 2 is 0.943 bits per heavy atom. The van der Waals surface area contributed by atoms with Crippen LogP contribution in [0.25, 0.3) is 52.8 Å². The molecule has 248 valence electrons. The van der Waals surface area contributed by atoms with Gasteiger partial charge in [0.25, 0.3) is 0 Å². The molecule has 0 aliphatic heterocycles. The molecule has 0 amide bonds. The summed E-state index contributed by atoms with van der Waals surface area (Å²) in [5.74, 6) is 0. The van der Waals surface area contributed by atoms with Crippen LogP contribution in [0.4, 0.5) is 17.1 Å². The minimum atomic E-state index is -0.445. The molecule has 1 nitrogen and oxygen atoms in total. The van der Waals surface area contributed by atoms with E-state index in [1.54, 1.807) is 0 Å². The van der Waals surface area contributed by atoms with Gasteiger partial charge in [-0.1, -0.05) is 170 Å². The Morgan fingerprint density at radius 1 is 0.377 bits per heavy atom. The monoisotopic (exact) mass is 691 g/mol. The van der Waals surface area contributed by atoms with E-state index in [1.807, 2.05) is 11.3 Å². The van der Waals surface area contributed by atoms with Gasteiger partial charge in [-0.2, -0.15) is 0 Å². The fourth-order valence-corrected chi connectivity index (χ4v) is 10.3. The molecule has 0 saturated carbocycles. The largest absolute Gasteiger partial charge is 0.308 e. The molecule has 0 spiro atoms. The van der Waals surface area contributed by atoms with Gasteiger partial charge < -0.3 is 4.90 Å². The molecule has 0 unspecified atom stereocenters. The first kappa shape index (κ1) is 30.2. The fourth-order valence-electron chi connectivity index (χ4n) is 9.11. The van der Waals surface area contributed by atoms with E-state index < -0.39 is 5.41 Å². The normalized spacial score (nSPS) is 13.1. The van der Waals surface area contributed by atoms with E-state index in [-0.39, 0.29) is 0 Å². The Morgan fingerprint density at radius 3 is 1.70 bits per heavy atom. The minimum Gasteiger partial charge on any atom is -0.308 e. The number of thiophene rings is 1. The Kier molecular flexibility index (Phi) is 6.71. The van der Waals surface area contributed by atoms with Gasteiger partial charge in [0.15, 0.2) is 0 Å². The van der Waals surface area contributed by atoms with E-state index in [4.69, 9.17) is 0 Å². The summed E-state index contributed by atoms with van der Waals surface area (Å²) in [5.41, 5.74) is 10.8. The van der Waals surface area contributed by atoms with Gasteiger partial charge in [0.2, 0.25) is 0 Å². The minimum absolute atomic E-state index is 0.445. The van der Waals surface area contributed by atoms with Crippen molar-refractivity contribution in [2.24, 2.45) is 0 Å². The maximum Gasteiger partial charge on any atom is 0.0713 e. The van der Waals surface area contributed by atoms with Crippen molar-refractivity contribution >= 4 is 70.1 Å². The number of rotatable bonds is 5. The zero-order chi connectivity index (χ0) is 34.9. The molecule has 0 atom stereocenters. The molecule has 1 aliphatic rings. The van der Waals surface area contributed by atoms with Gasteiger partial charge in [-0.05, 0) is 79.9 Å². The summed E-state index contributed by atoms with van der Waals surface area (Å²) in [6, 6.07) is 74.0. The molecule has 0 saturated heterocycles. The van der Waals surface area contributed by atoms with Crippen molar-refractivity contribution in [2.45, 2.75) is 5.41 Å². The molecule has 1 aromatic heterocycles. The molecule has 10 aromatic rings. The van der Waals surface area contributed by atoms with E-state index in [9.17, 15) is 0 Å². The maximum absolute atomic E-state index is 2.50. The number of benzene rings is 9. The topological polar surface area (TPSA) is 3.24 Å². The van der Waals surface area contributed by atoms with Crippen molar-refractivity contribution in [1.82, 2.24) is 0 Å². The number of hydrogen-bond donors (Lipinski definition) is 0. The molecular weight excluding hydrogens is 659 g/mol. The second-order valence-electron chi connectivity index (χ2n) is 14.0. The van der Waals surface area contributed by atoms with Gasteiger partial charge in [-0.3, -0.25) is 0 Å². The molecule has 0 radical (unpaired) electrons. The SMILES string of the molecule is c1ccc(C2(c3ccc(N(c4cc5ccccc5c5ccccc45)c4cccc5c4sc4ccccc45)cc3)c3ccccc3-c3ccccc32)cc1. The third-order valence-corrected chi connectivity index (χ3v) is 12.5. The van der Waals surface area contributed by atoms with Crippen molar-refractivity contribution in [1.29, 1.82) is 0 Å². The third-order valence-electron chi connectivity index (χ3n) is 11.3. The van der Waals surface area contributed by atoms with Gasteiger partial charge in [0.1, 0.15) is 0 Å². The number of fused-ring (bicyclic) bond motifs is 9. The summed E-state index contributed by atoms with van der Waals surface area (Å²) in [5, 5.41) is 7.58. The van der Waals surface area contributed by atoms with E-state index in [1.165, 1.54) is 86.5 Å². The van der Waals surface area contributed by atoms with Crippen LogP contribution in [0.5, 0.6) is 0 Å². The zero-order valence-corrected chi connectivity index (χ0v) is 29.7. The lowest BCUT2D eigenvalue weighted by atomic mass is 9.68. The third kappa shape index (κ3) is 4.37. The quantitative estimate of drug-likeness (QED) is 0.162. The second kappa shape index (κ2) is 11.8.